The van der Waals surface area contributed by atoms with Gasteiger partial charge in [-0.25, -0.2) is 9.53 Å². The molecule has 2 fully saturated rings. The van der Waals surface area contributed by atoms with Gasteiger partial charge in [-0.3, -0.25) is 0 Å². The van der Waals surface area contributed by atoms with E-state index in [2.05, 4.69) is 0 Å². The van der Waals surface area contributed by atoms with Crippen molar-refractivity contribution < 1.29 is 26.0 Å². The zero-order valence-electron chi connectivity index (χ0n) is 12.1. The minimum Gasteiger partial charge on any atom is -0.239 e. The first kappa shape index (κ1) is 16.7. The number of hydrogen-bond donors (Lipinski definition) is 1. The molecular weight excluding hydrogens is 336 g/mol. The van der Waals surface area contributed by atoms with Gasteiger partial charge in [0.1, 0.15) is 5.67 Å². The first-order valence-electron chi connectivity index (χ1n) is 7.19. The SMILES string of the molecule is NS(=O)(=O)N1C2CCC1CC(F)(c1cccc(C(F)(F)F)c1)C2. The Labute approximate surface area is 131 Å². The predicted molar refractivity (Wildman–Crippen MR) is 75.2 cm³/mol. The second kappa shape index (κ2) is 5.15. The highest BCUT2D eigenvalue weighted by atomic mass is 32.2. The van der Waals surface area contributed by atoms with Crippen molar-refractivity contribution in [2.45, 2.75) is 49.6 Å². The molecule has 0 radical (unpaired) electrons. The fraction of sp³-hybridized carbons (Fsp3) is 0.571. The molecule has 1 aromatic rings. The number of benzene rings is 1. The number of nitrogens with two attached hydrogens (primary N) is 1. The summed E-state index contributed by atoms with van der Waals surface area (Å²) in [7, 11) is -3.94. The Bertz CT molecular complexity index is 706. The van der Waals surface area contributed by atoms with E-state index in [0.29, 0.717) is 12.8 Å². The second-order valence-electron chi connectivity index (χ2n) is 6.21. The molecule has 0 aromatic heterocycles. The van der Waals surface area contributed by atoms with E-state index in [1.165, 1.54) is 12.1 Å². The Hall–Kier alpha value is -1.19. The van der Waals surface area contributed by atoms with Crippen molar-refractivity contribution in [2.75, 3.05) is 0 Å². The van der Waals surface area contributed by atoms with Gasteiger partial charge in [0, 0.05) is 24.9 Å². The number of halogens is 4. The Morgan fingerprint density at radius 2 is 1.74 bits per heavy atom. The van der Waals surface area contributed by atoms with Crippen molar-refractivity contribution in [1.29, 1.82) is 0 Å². The fourth-order valence-corrected chi connectivity index (χ4v) is 4.97. The van der Waals surface area contributed by atoms with Crippen molar-refractivity contribution in [2.24, 2.45) is 5.14 Å². The smallest absolute Gasteiger partial charge is 0.239 e. The van der Waals surface area contributed by atoms with Crippen LogP contribution in [0.5, 0.6) is 0 Å². The van der Waals surface area contributed by atoms with Crippen LogP contribution in [0.3, 0.4) is 0 Å². The topological polar surface area (TPSA) is 63.4 Å². The number of hydrogen-bond acceptors (Lipinski definition) is 2. The molecule has 2 saturated heterocycles. The molecule has 2 atom stereocenters. The summed E-state index contributed by atoms with van der Waals surface area (Å²) in [5, 5.41) is 5.17. The normalized spacial score (nSPS) is 32.2. The van der Waals surface area contributed by atoms with Gasteiger partial charge in [-0.2, -0.15) is 25.9 Å². The third kappa shape index (κ3) is 2.97. The van der Waals surface area contributed by atoms with E-state index in [-0.39, 0.29) is 18.4 Å². The third-order valence-corrected chi connectivity index (χ3v) is 5.86. The first-order valence-corrected chi connectivity index (χ1v) is 8.69. The van der Waals surface area contributed by atoms with Gasteiger partial charge in [0.15, 0.2) is 0 Å². The summed E-state index contributed by atoms with van der Waals surface area (Å²) >= 11 is 0. The number of rotatable bonds is 2. The standard InChI is InChI=1S/C14H16F4N2O2S/c15-13(9-2-1-3-10(6-9)14(16,17)18)7-11-4-5-12(8-13)20(11)23(19,21)22/h1-3,6,11-12H,4-5,7-8H2,(H2,19,21,22). The average molecular weight is 352 g/mol. The third-order valence-electron chi connectivity index (χ3n) is 4.67. The molecule has 23 heavy (non-hydrogen) atoms. The minimum absolute atomic E-state index is 0.0571. The Morgan fingerprint density at radius 1 is 1.17 bits per heavy atom. The summed E-state index contributed by atoms with van der Waals surface area (Å²) in [5.74, 6) is 0. The molecule has 2 N–H and O–H groups in total. The lowest BCUT2D eigenvalue weighted by Crippen LogP contribution is -2.52. The lowest BCUT2D eigenvalue weighted by molar-refractivity contribution is -0.137. The molecule has 4 nitrogen and oxygen atoms in total. The zero-order chi connectivity index (χ0) is 17.0. The van der Waals surface area contributed by atoms with Crippen LogP contribution in [0.25, 0.3) is 0 Å². The number of piperidine rings is 1. The van der Waals surface area contributed by atoms with Gasteiger partial charge in [0.05, 0.1) is 5.56 Å². The van der Waals surface area contributed by atoms with Crippen molar-refractivity contribution >= 4 is 10.2 Å². The molecule has 2 heterocycles. The number of fused-ring (bicyclic) bond motifs is 2. The summed E-state index contributed by atoms with van der Waals surface area (Å²) in [6.45, 7) is 0. The lowest BCUT2D eigenvalue weighted by Gasteiger charge is -2.40. The molecule has 9 heteroatoms. The molecule has 1 aromatic carbocycles. The minimum atomic E-state index is -4.55. The molecule has 0 saturated carbocycles. The molecule has 2 aliphatic heterocycles. The van der Waals surface area contributed by atoms with Gasteiger partial charge >= 0.3 is 6.18 Å². The molecule has 2 bridgehead atoms. The molecule has 0 amide bonds. The summed E-state index contributed by atoms with van der Waals surface area (Å²) in [4.78, 5) is 0. The van der Waals surface area contributed by atoms with Crippen molar-refractivity contribution in [3.8, 4) is 0 Å². The molecule has 2 aliphatic rings. The Kier molecular flexibility index (Phi) is 3.73. The highest BCUT2D eigenvalue weighted by molar-refractivity contribution is 7.86. The Morgan fingerprint density at radius 3 is 2.22 bits per heavy atom. The predicted octanol–water partition coefficient (Wildman–Crippen LogP) is 2.70. The monoisotopic (exact) mass is 352 g/mol. The average Bonchev–Trinajstić information content (AvgIpc) is 2.72. The van der Waals surface area contributed by atoms with Crippen LogP contribution in [0, 0.1) is 0 Å². The van der Waals surface area contributed by atoms with Crippen molar-refractivity contribution in [3.05, 3.63) is 35.4 Å². The van der Waals surface area contributed by atoms with E-state index in [1.807, 2.05) is 0 Å². The zero-order valence-corrected chi connectivity index (χ0v) is 12.9. The maximum atomic E-state index is 15.3. The van der Waals surface area contributed by atoms with Crippen LogP contribution in [0.15, 0.2) is 24.3 Å². The van der Waals surface area contributed by atoms with E-state index in [1.54, 1.807) is 0 Å². The van der Waals surface area contributed by atoms with Crippen LogP contribution in [0.4, 0.5) is 17.6 Å². The van der Waals surface area contributed by atoms with Crippen LogP contribution in [-0.2, 0) is 22.1 Å². The fourth-order valence-electron chi connectivity index (χ4n) is 3.78. The maximum Gasteiger partial charge on any atom is 0.416 e. The molecule has 3 rings (SSSR count). The van der Waals surface area contributed by atoms with Crippen molar-refractivity contribution in [1.82, 2.24) is 4.31 Å². The van der Waals surface area contributed by atoms with Crippen LogP contribution < -0.4 is 5.14 Å². The lowest BCUT2D eigenvalue weighted by atomic mass is 9.82. The van der Waals surface area contributed by atoms with E-state index in [0.717, 1.165) is 16.4 Å². The van der Waals surface area contributed by atoms with E-state index < -0.39 is 39.7 Å². The van der Waals surface area contributed by atoms with E-state index in [9.17, 15) is 21.6 Å². The quantitative estimate of drug-likeness (QED) is 0.832. The largest absolute Gasteiger partial charge is 0.416 e. The number of nitrogens with zero attached hydrogens (tertiary/aromatic N) is 1. The van der Waals surface area contributed by atoms with Gasteiger partial charge in [0.2, 0.25) is 0 Å². The molecule has 128 valence electrons. The summed E-state index contributed by atoms with van der Waals surface area (Å²) in [6.07, 6.45) is -3.98. The van der Waals surface area contributed by atoms with Crippen LogP contribution in [0.1, 0.15) is 36.8 Å². The van der Waals surface area contributed by atoms with Gasteiger partial charge in [0.25, 0.3) is 10.2 Å². The molecule has 2 unspecified atom stereocenters. The number of alkyl halides is 4. The summed E-state index contributed by atoms with van der Waals surface area (Å²) in [5.41, 5.74) is -2.94. The van der Waals surface area contributed by atoms with E-state index in [4.69, 9.17) is 5.14 Å². The van der Waals surface area contributed by atoms with Gasteiger partial charge in [-0.05, 0) is 30.5 Å². The first-order chi connectivity index (χ1) is 10.5. The highest BCUT2D eigenvalue weighted by Gasteiger charge is 2.53. The maximum absolute atomic E-state index is 15.3. The van der Waals surface area contributed by atoms with Gasteiger partial charge in [-0.15, -0.1) is 0 Å². The summed E-state index contributed by atoms with van der Waals surface area (Å²) in [6, 6.07) is 2.98. The van der Waals surface area contributed by atoms with Crippen molar-refractivity contribution in [3.63, 3.8) is 0 Å². The van der Waals surface area contributed by atoms with Crippen LogP contribution in [-0.4, -0.2) is 24.8 Å². The Balaban J connectivity index is 1.94. The second-order valence-corrected chi connectivity index (χ2v) is 7.66. The van der Waals surface area contributed by atoms with Crippen LogP contribution in [0.2, 0.25) is 0 Å². The van der Waals surface area contributed by atoms with Gasteiger partial charge < -0.3 is 0 Å². The van der Waals surface area contributed by atoms with E-state index >= 15 is 4.39 Å². The molecule has 0 aliphatic carbocycles. The van der Waals surface area contributed by atoms with Gasteiger partial charge in [-0.1, -0.05) is 12.1 Å². The molecule has 0 spiro atoms. The highest BCUT2D eigenvalue weighted by Crippen LogP contribution is 2.49. The van der Waals surface area contributed by atoms with Crippen LogP contribution >= 0.6 is 0 Å². The molecular formula is C14H16F4N2O2S. The summed E-state index contributed by atoms with van der Waals surface area (Å²) < 4.78 is 78.1.